The molecule has 1 atom stereocenters. The zero-order valence-electron chi connectivity index (χ0n) is 11.8. The molecule has 0 spiro atoms. The van der Waals surface area contributed by atoms with E-state index in [1.807, 2.05) is 0 Å². The molecule has 0 bridgehead atoms. The molecule has 1 N–H and O–H groups in total. The van der Waals surface area contributed by atoms with E-state index in [0.717, 1.165) is 25.7 Å². The summed E-state index contributed by atoms with van der Waals surface area (Å²) in [7, 11) is 0. The van der Waals surface area contributed by atoms with Crippen LogP contribution in [0.2, 0.25) is 0 Å². The van der Waals surface area contributed by atoms with Crippen molar-refractivity contribution >= 4 is 5.91 Å². The number of carbonyl (C=O) groups excluding carboxylic acids is 1. The Balaban J connectivity index is 2.33. The average molecular weight is 247 g/mol. The zero-order chi connectivity index (χ0) is 13.4. The zero-order valence-corrected chi connectivity index (χ0v) is 11.8. The van der Waals surface area contributed by atoms with Crippen LogP contribution < -0.4 is 5.32 Å². The van der Waals surface area contributed by atoms with E-state index in [0.29, 0.717) is 12.5 Å². The summed E-state index contributed by atoms with van der Waals surface area (Å²) in [6.45, 7) is 6.35. The Labute approximate surface area is 111 Å². The van der Waals surface area contributed by atoms with Gasteiger partial charge in [0.25, 0.3) is 0 Å². The van der Waals surface area contributed by atoms with Crippen LogP contribution in [0.1, 0.15) is 51.2 Å². The number of hydrogen-bond donors (Lipinski definition) is 1. The summed E-state index contributed by atoms with van der Waals surface area (Å²) in [5.74, 6) is 0.163. The highest BCUT2D eigenvalue weighted by Crippen LogP contribution is 2.07. The first-order valence-corrected chi connectivity index (χ1v) is 7.02. The van der Waals surface area contributed by atoms with Crippen molar-refractivity contribution in [3.63, 3.8) is 0 Å². The van der Waals surface area contributed by atoms with Gasteiger partial charge in [-0.05, 0) is 37.3 Å². The third-order valence-corrected chi connectivity index (χ3v) is 3.20. The topological polar surface area (TPSA) is 29.1 Å². The van der Waals surface area contributed by atoms with Gasteiger partial charge in [0.2, 0.25) is 5.91 Å². The van der Waals surface area contributed by atoms with Crippen LogP contribution in [0.4, 0.5) is 0 Å². The second kappa shape index (κ2) is 7.91. The Hall–Kier alpha value is -1.31. The monoisotopic (exact) mass is 247 g/mol. The molecule has 2 nitrogen and oxygen atoms in total. The molecule has 0 aliphatic carbocycles. The van der Waals surface area contributed by atoms with Crippen LogP contribution in [0.3, 0.4) is 0 Å². The summed E-state index contributed by atoms with van der Waals surface area (Å²) in [5, 5.41) is 3.03. The van der Waals surface area contributed by atoms with Crippen molar-refractivity contribution in [3.05, 3.63) is 35.4 Å². The van der Waals surface area contributed by atoms with Gasteiger partial charge in [-0.1, -0.05) is 44.5 Å². The fraction of sp³-hybridized carbons (Fsp3) is 0.562. The minimum atomic E-state index is 0.163. The first kappa shape index (κ1) is 14.7. The summed E-state index contributed by atoms with van der Waals surface area (Å²) >= 11 is 0. The maximum Gasteiger partial charge on any atom is 0.220 e. The Bertz CT molecular complexity index is 356. The van der Waals surface area contributed by atoms with E-state index in [-0.39, 0.29) is 5.91 Å². The van der Waals surface area contributed by atoms with Gasteiger partial charge in [0.1, 0.15) is 0 Å². The number of carbonyl (C=O) groups is 1. The minimum Gasteiger partial charge on any atom is -0.354 e. The lowest BCUT2D eigenvalue weighted by molar-refractivity contribution is -0.121. The summed E-state index contributed by atoms with van der Waals surface area (Å²) < 4.78 is 0. The second-order valence-corrected chi connectivity index (χ2v) is 4.93. The fourth-order valence-electron chi connectivity index (χ4n) is 2.05. The third-order valence-electron chi connectivity index (χ3n) is 3.20. The van der Waals surface area contributed by atoms with Gasteiger partial charge >= 0.3 is 0 Å². The average Bonchev–Trinajstić information content (AvgIpc) is 2.37. The summed E-state index contributed by atoms with van der Waals surface area (Å²) in [6.07, 6.45) is 4.64. The van der Waals surface area contributed by atoms with Crippen LogP contribution in [-0.4, -0.2) is 11.9 Å². The largest absolute Gasteiger partial charge is 0.354 e. The molecule has 1 rings (SSSR count). The van der Waals surface area contributed by atoms with Crippen LogP contribution >= 0.6 is 0 Å². The molecule has 0 aliphatic heterocycles. The van der Waals surface area contributed by atoms with Gasteiger partial charge in [-0.25, -0.2) is 0 Å². The molecule has 0 saturated heterocycles. The molecule has 100 valence electrons. The molecule has 0 aromatic heterocycles. The molecule has 2 heteroatoms. The van der Waals surface area contributed by atoms with Gasteiger partial charge in [0.15, 0.2) is 0 Å². The van der Waals surface area contributed by atoms with Crippen molar-refractivity contribution in [2.24, 2.45) is 0 Å². The van der Waals surface area contributed by atoms with Gasteiger partial charge in [0, 0.05) is 12.5 Å². The van der Waals surface area contributed by atoms with Gasteiger partial charge in [0.05, 0.1) is 0 Å². The van der Waals surface area contributed by atoms with Crippen LogP contribution in [0, 0.1) is 0 Å². The van der Waals surface area contributed by atoms with Gasteiger partial charge in [-0.15, -0.1) is 0 Å². The number of hydrogen-bond acceptors (Lipinski definition) is 1. The normalized spacial score (nSPS) is 12.2. The van der Waals surface area contributed by atoms with Gasteiger partial charge < -0.3 is 5.32 Å². The number of nitrogens with one attached hydrogen (secondary N) is 1. The fourth-order valence-corrected chi connectivity index (χ4v) is 2.05. The van der Waals surface area contributed by atoms with Gasteiger partial charge in [-0.3, -0.25) is 4.79 Å². The van der Waals surface area contributed by atoms with E-state index in [1.54, 1.807) is 0 Å². The Kier molecular flexibility index (Phi) is 6.48. The molecule has 1 aromatic carbocycles. The predicted octanol–water partition coefficient (Wildman–Crippen LogP) is 3.49. The molecule has 0 radical (unpaired) electrons. The summed E-state index contributed by atoms with van der Waals surface area (Å²) in [5.41, 5.74) is 2.59. The first-order chi connectivity index (χ1) is 8.65. The molecule has 1 amide bonds. The predicted molar refractivity (Wildman–Crippen MR) is 76.7 cm³/mol. The molecular weight excluding hydrogens is 222 g/mol. The number of rotatable bonds is 7. The first-order valence-electron chi connectivity index (χ1n) is 7.02. The third kappa shape index (κ3) is 5.35. The summed E-state index contributed by atoms with van der Waals surface area (Å²) in [4.78, 5) is 11.7. The number of aryl methyl sites for hydroxylation is 2. The highest BCUT2D eigenvalue weighted by molar-refractivity contribution is 5.76. The van der Waals surface area contributed by atoms with Gasteiger partial charge in [-0.2, -0.15) is 0 Å². The van der Waals surface area contributed by atoms with Crippen LogP contribution in [0.5, 0.6) is 0 Å². The smallest absolute Gasteiger partial charge is 0.220 e. The number of amides is 1. The minimum absolute atomic E-state index is 0.163. The lowest BCUT2D eigenvalue weighted by atomic mass is 10.1. The van der Waals surface area contributed by atoms with Crippen LogP contribution in [0.25, 0.3) is 0 Å². The molecular formula is C16H25NO. The quantitative estimate of drug-likeness (QED) is 0.785. The van der Waals surface area contributed by atoms with E-state index in [4.69, 9.17) is 0 Å². The lowest BCUT2D eigenvalue weighted by Crippen LogP contribution is -2.32. The van der Waals surface area contributed by atoms with Crippen molar-refractivity contribution in [1.82, 2.24) is 5.32 Å². The highest BCUT2D eigenvalue weighted by Gasteiger charge is 2.06. The maximum atomic E-state index is 11.7. The Morgan fingerprint density at radius 3 is 2.33 bits per heavy atom. The van der Waals surface area contributed by atoms with Crippen molar-refractivity contribution in [2.45, 2.75) is 58.9 Å². The van der Waals surface area contributed by atoms with Crippen molar-refractivity contribution in [3.8, 4) is 0 Å². The van der Waals surface area contributed by atoms with E-state index in [1.165, 1.54) is 11.1 Å². The van der Waals surface area contributed by atoms with E-state index < -0.39 is 0 Å². The van der Waals surface area contributed by atoms with Crippen LogP contribution in [0.15, 0.2) is 24.3 Å². The molecule has 0 saturated carbocycles. The number of benzene rings is 1. The van der Waals surface area contributed by atoms with E-state index in [9.17, 15) is 4.79 Å². The molecule has 18 heavy (non-hydrogen) atoms. The molecule has 1 aromatic rings. The molecule has 0 fully saturated rings. The molecule has 0 unspecified atom stereocenters. The van der Waals surface area contributed by atoms with E-state index >= 15 is 0 Å². The molecule has 0 aliphatic rings. The van der Waals surface area contributed by atoms with Crippen molar-refractivity contribution in [1.29, 1.82) is 0 Å². The lowest BCUT2D eigenvalue weighted by Gasteiger charge is -2.12. The van der Waals surface area contributed by atoms with Crippen molar-refractivity contribution in [2.75, 3.05) is 0 Å². The highest BCUT2D eigenvalue weighted by atomic mass is 16.1. The maximum absolute atomic E-state index is 11.7. The van der Waals surface area contributed by atoms with Crippen molar-refractivity contribution < 1.29 is 4.79 Å². The second-order valence-electron chi connectivity index (χ2n) is 4.93. The van der Waals surface area contributed by atoms with Crippen LogP contribution in [-0.2, 0) is 17.6 Å². The Morgan fingerprint density at radius 2 is 1.78 bits per heavy atom. The standard InChI is InChI=1S/C16H25NO/c1-4-6-13(3)17-16(18)12-11-15-9-7-14(5-2)8-10-15/h7-10,13H,4-6,11-12H2,1-3H3,(H,17,18)/t13-/m0/s1. The Morgan fingerprint density at radius 1 is 1.17 bits per heavy atom. The summed E-state index contributed by atoms with van der Waals surface area (Å²) in [6, 6.07) is 8.84. The van der Waals surface area contributed by atoms with E-state index in [2.05, 4.69) is 50.4 Å². The molecule has 0 heterocycles. The SMILES string of the molecule is CCC[C@H](C)NC(=O)CCc1ccc(CC)cc1.